The van der Waals surface area contributed by atoms with Gasteiger partial charge in [0.05, 0.1) is 12.5 Å². The smallest absolute Gasteiger partial charge is 0.227 e. The molecule has 2 aromatic carbocycles. The zero-order valence-corrected chi connectivity index (χ0v) is 26.1. The number of benzene rings is 2. The van der Waals surface area contributed by atoms with E-state index in [2.05, 4.69) is 27.1 Å². The van der Waals surface area contributed by atoms with Gasteiger partial charge >= 0.3 is 0 Å². The summed E-state index contributed by atoms with van der Waals surface area (Å²) < 4.78 is 6.07. The molecule has 2 atom stereocenters. The van der Waals surface area contributed by atoms with Crippen molar-refractivity contribution in [1.82, 2.24) is 20.2 Å². The van der Waals surface area contributed by atoms with Crippen LogP contribution < -0.4 is 15.8 Å². The van der Waals surface area contributed by atoms with Crippen LogP contribution in [0.3, 0.4) is 0 Å². The van der Waals surface area contributed by atoms with Crippen molar-refractivity contribution >= 4 is 29.5 Å². The second-order valence-corrected chi connectivity index (χ2v) is 10.00. The van der Waals surface area contributed by atoms with Gasteiger partial charge in [0.2, 0.25) is 12.3 Å². The highest BCUT2D eigenvalue weighted by molar-refractivity contribution is 5.83. The standard InChI is InChI=1S/C22H25NO3.C9H11N3.C2H6.CH3NO/c1-15-6-4-5-7-20(15)26-21-12-18(10-8-16(21)2)13-22(25)23-17(3)9-11-19(23)14-24;1-10-6-8-4-7-5-11-3-2-9(7)12-8;1-2;2-1-3/h4-8,10,12,14,17,19H,9,11,13H2,1-3H3;2-5,10,12H,6H2,1H3;1-2H3;1H,(H2,2,3). The largest absolute Gasteiger partial charge is 0.457 e. The topological polar surface area (TPSA) is 130 Å². The van der Waals surface area contributed by atoms with Gasteiger partial charge in [-0.05, 0) is 81.6 Å². The van der Waals surface area contributed by atoms with Gasteiger partial charge < -0.3 is 30.5 Å². The number of H-pyrrole nitrogens is 1. The van der Waals surface area contributed by atoms with E-state index in [1.54, 1.807) is 11.1 Å². The summed E-state index contributed by atoms with van der Waals surface area (Å²) in [6, 6.07) is 17.6. The zero-order chi connectivity index (χ0) is 31.8. The molecular formula is C34H45N5O4. The Morgan fingerprint density at radius 2 is 1.77 bits per heavy atom. The van der Waals surface area contributed by atoms with Crippen molar-refractivity contribution in [3.8, 4) is 11.5 Å². The summed E-state index contributed by atoms with van der Waals surface area (Å²) in [6.45, 7) is 10.9. The molecular weight excluding hydrogens is 542 g/mol. The minimum atomic E-state index is -0.286. The Morgan fingerprint density at radius 3 is 2.42 bits per heavy atom. The van der Waals surface area contributed by atoms with Crippen molar-refractivity contribution in [2.75, 3.05) is 7.05 Å². The fraction of sp³-hybridized carbons (Fsp3) is 0.353. The van der Waals surface area contributed by atoms with Crippen LogP contribution in [0.5, 0.6) is 11.5 Å². The number of aromatic amines is 1. The fourth-order valence-corrected chi connectivity index (χ4v) is 4.82. The van der Waals surface area contributed by atoms with Crippen LogP contribution in [-0.2, 0) is 27.3 Å². The summed E-state index contributed by atoms with van der Waals surface area (Å²) in [5.41, 5.74) is 9.49. The lowest BCUT2D eigenvalue weighted by Crippen LogP contribution is -2.41. The van der Waals surface area contributed by atoms with Crippen molar-refractivity contribution in [3.63, 3.8) is 0 Å². The predicted octanol–water partition coefficient (Wildman–Crippen LogP) is 5.63. The Hall–Kier alpha value is -4.50. The molecule has 2 amide bonds. The van der Waals surface area contributed by atoms with Crippen LogP contribution in [0.1, 0.15) is 56.0 Å². The first kappa shape index (κ1) is 34.7. The first-order valence-electron chi connectivity index (χ1n) is 14.6. The lowest BCUT2D eigenvalue weighted by Gasteiger charge is -2.25. The van der Waals surface area contributed by atoms with E-state index in [4.69, 9.17) is 9.53 Å². The van der Waals surface area contributed by atoms with Crippen molar-refractivity contribution in [2.24, 2.45) is 5.73 Å². The molecule has 0 bridgehead atoms. The third-order valence-electron chi connectivity index (χ3n) is 6.92. The average molecular weight is 588 g/mol. The third-order valence-corrected chi connectivity index (χ3v) is 6.92. The minimum absolute atomic E-state index is 0.00204. The summed E-state index contributed by atoms with van der Waals surface area (Å²) in [5.74, 6) is 1.57. The molecule has 3 heterocycles. The predicted molar refractivity (Wildman–Crippen MR) is 172 cm³/mol. The molecule has 4 N–H and O–H groups in total. The molecule has 2 aromatic heterocycles. The Balaban J connectivity index is 0.000000314. The van der Waals surface area contributed by atoms with E-state index in [1.165, 1.54) is 11.1 Å². The van der Waals surface area contributed by atoms with Gasteiger partial charge in [-0.1, -0.05) is 44.2 Å². The molecule has 43 heavy (non-hydrogen) atoms. The van der Waals surface area contributed by atoms with Crippen LogP contribution in [-0.4, -0.2) is 52.6 Å². The van der Waals surface area contributed by atoms with Crippen LogP contribution in [0.15, 0.2) is 67.0 Å². The normalized spacial score (nSPS) is 15.2. The van der Waals surface area contributed by atoms with E-state index in [0.717, 1.165) is 59.4 Å². The van der Waals surface area contributed by atoms with Crippen LogP contribution in [0.2, 0.25) is 0 Å². The van der Waals surface area contributed by atoms with Gasteiger partial charge in [0.1, 0.15) is 17.8 Å². The van der Waals surface area contributed by atoms with Crippen LogP contribution >= 0.6 is 0 Å². The zero-order valence-electron chi connectivity index (χ0n) is 26.1. The first-order chi connectivity index (χ1) is 20.8. The van der Waals surface area contributed by atoms with Gasteiger partial charge in [-0.25, -0.2) is 0 Å². The Bertz CT molecular complexity index is 1420. The van der Waals surface area contributed by atoms with E-state index in [0.29, 0.717) is 0 Å². The number of aryl methyl sites for hydroxylation is 2. The van der Waals surface area contributed by atoms with Crippen LogP contribution in [0.4, 0.5) is 0 Å². The van der Waals surface area contributed by atoms with Gasteiger partial charge in [0.25, 0.3) is 0 Å². The number of likely N-dealkylation sites (tertiary alicyclic amines) is 1. The molecule has 0 aliphatic carbocycles. The number of aldehydes is 1. The molecule has 230 valence electrons. The molecule has 4 aromatic rings. The number of carbonyl (C=O) groups excluding carboxylic acids is 3. The lowest BCUT2D eigenvalue weighted by molar-refractivity contribution is -0.135. The van der Waals surface area contributed by atoms with Crippen molar-refractivity contribution in [2.45, 2.75) is 72.5 Å². The monoisotopic (exact) mass is 587 g/mol. The molecule has 9 heteroatoms. The van der Waals surface area contributed by atoms with Crippen molar-refractivity contribution in [3.05, 3.63) is 89.4 Å². The van der Waals surface area contributed by atoms with E-state index in [9.17, 15) is 9.59 Å². The second-order valence-electron chi connectivity index (χ2n) is 10.00. The average Bonchev–Trinajstić information content (AvgIpc) is 3.60. The summed E-state index contributed by atoms with van der Waals surface area (Å²) >= 11 is 0. The summed E-state index contributed by atoms with van der Waals surface area (Å²) in [6.07, 6.45) is 6.71. The molecule has 0 saturated carbocycles. The number of amides is 2. The van der Waals surface area contributed by atoms with E-state index in [1.807, 2.05) is 96.4 Å². The second kappa shape index (κ2) is 18.1. The van der Waals surface area contributed by atoms with Crippen molar-refractivity contribution in [1.29, 1.82) is 0 Å². The van der Waals surface area contributed by atoms with Gasteiger partial charge in [-0.15, -0.1) is 0 Å². The maximum atomic E-state index is 12.7. The van der Waals surface area contributed by atoms with E-state index < -0.39 is 0 Å². The number of hydrogen-bond donors (Lipinski definition) is 3. The molecule has 1 saturated heterocycles. The number of carbonyl (C=O) groups is 3. The number of pyridine rings is 1. The molecule has 1 aliphatic heterocycles. The fourth-order valence-electron chi connectivity index (χ4n) is 4.82. The van der Waals surface area contributed by atoms with Crippen molar-refractivity contribution < 1.29 is 19.1 Å². The van der Waals surface area contributed by atoms with E-state index in [-0.39, 0.29) is 30.8 Å². The number of rotatable bonds is 7. The molecule has 0 radical (unpaired) electrons. The Labute approximate surface area is 254 Å². The highest BCUT2D eigenvalue weighted by atomic mass is 16.5. The number of nitrogens with zero attached hydrogens (tertiary/aromatic N) is 2. The number of ether oxygens (including phenoxy) is 1. The highest BCUT2D eigenvalue weighted by Crippen LogP contribution is 2.29. The van der Waals surface area contributed by atoms with Gasteiger partial charge in [-0.2, -0.15) is 0 Å². The van der Waals surface area contributed by atoms with Crippen LogP contribution in [0, 0.1) is 13.8 Å². The molecule has 1 fully saturated rings. The molecule has 0 spiro atoms. The van der Waals surface area contributed by atoms with Gasteiger partial charge in [0, 0.05) is 41.6 Å². The number of nitrogens with two attached hydrogens (primary N) is 1. The number of fused-ring (bicyclic) bond motifs is 1. The Morgan fingerprint density at radius 1 is 1.07 bits per heavy atom. The van der Waals surface area contributed by atoms with Gasteiger partial charge in [0.15, 0.2) is 0 Å². The van der Waals surface area contributed by atoms with E-state index >= 15 is 0 Å². The summed E-state index contributed by atoms with van der Waals surface area (Å²) in [7, 11) is 1.93. The summed E-state index contributed by atoms with van der Waals surface area (Å²) in [4.78, 5) is 41.6. The lowest BCUT2D eigenvalue weighted by atomic mass is 10.1. The van der Waals surface area contributed by atoms with Gasteiger partial charge in [-0.3, -0.25) is 14.6 Å². The molecule has 1 aliphatic rings. The highest BCUT2D eigenvalue weighted by Gasteiger charge is 2.33. The molecule has 9 nitrogen and oxygen atoms in total. The molecule has 5 rings (SSSR count). The number of primary amides is 1. The Kier molecular flexibility index (Phi) is 14.6. The van der Waals surface area contributed by atoms with Crippen LogP contribution in [0.25, 0.3) is 10.9 Å². The molecule has 2 unspecified atom stereocenters. The maximum absolute atomic E-state index is 12.7. The third kappa shape index (κ3) is 10.1. The SMILES string of the molecule is CC.CNCc1cc2cnccc2[nH]1.Cc1ccccc1Oc1cc(CC(=O)N2C(C)CCC2C=O)ccc1C.NC=O. The minimum Gasteiger partial charge on any atom is -0.457 e. The first-order valence-corrected chi connectivity index (χ1v) is 14.6. The quantitative estimate of drug-likeness (QED) is 0.240. The summed E-state index contributed by atoms with van der Waals surface area (Å²) in [5, 5.41) is 4.26. The number of aromatic nitrogens is 2. The number of para-hydroxylation sites is 1. The number of nitrogens with one attached hydrogen (secondary N) is 2. The number of hydrogen-bond acceptors (Lipinski definition) is 6. The maximum Gasteiger partial charge on any atom is 0.227 e.